The van der Waals surface area contributed by atoms with Gasteiger partial charge in [0.2, 0.25) is 0 Å². The number of hydrogen-bond donors (Lipinski definition) is 2. The van der Waals surface area contributed by atoms with Gasteiger partial charge in [-0.15, -0.1) is 11.3 Å². The van der Waals surface area contributed by atoms with Gasteiger partial charge < -0.3 is 20.1 Å². The van der Waals surface area contributed by atoms with Crippen molar-refractivity contribution in [3.05, 3.63) is 51.4 Å². The lowest BCUT2D eigenvalue weighted by molar-refractivity contribution is 0.00374. The molecule has 1 fully saturated rings. The molecule has 2 aliphatic heterocycles. The molecule has 2 atom stereocenters. The number of carbonyl (C=O) groups is 1. The summed E-state index contributed by atoms with van der Waals surface area (Å²) in [5.41, 5.74) is 2.25. The second kappa shape index (κ2) is 7.56. The maximum atomic E-state index is 12.5. The van der Waals surface area contributed by atoms with Gasteiger partial charge in [-0.3, -0.25) is 4.79 Å². The Hall–Kier alpha value is -1.60. The summed E-state index contributed by atoms with van der Waals surface area (Å²) in [5, 5.41) is 14.2. The molecule has 0 saturated carbocycles. The van der Waals surface area contributed by atoms with Gasteiger partial charge in [-0.05, 0) is 35.7 Å². The molecule has 138 valence electrons. The maximum absolute atomic E-state index is 12.5. The third kappa shape index (κ3) is 3.47. The van der Waals surface area contributed by atoms with Crippen molar-refractivity contribution in [2.75, 3.05) is 37.7 Å². The van der Waals surface area contributed by atoms with Gasteiger partial charge in [0.1, 0.15) is 0 Å². The zero-order valence-corrected chi connectivity index (χ0v) is 15.9. The summed E-state index contributed by atoms with van der Waals surface area (Å²) in [6.45, 7) is 2.66. The van der Waals surface area contributed by atoms with Gasteiger partial charge in [0.15, 0.2) is 0 Å². The van der Waals surface area contributed by atoms with E-state index in [4.69, 9.17) is 16.3 Å². The predicted molar refractivity (Wildman–Crippen MR) is 104 cm³/mol. The number of morpholine rings is 1. The van der Waals surface area contributed by atoms with Crippen LogP contribution in [0.5, 0.6) is 0 Å². The van der Waals surface area contributed by atoms with E-state index in [2.05, 4.69) is 16.3 Å². The number of fused-ring (bicyclic) bond motifs is 1. The summed E-state index contributed by atoms with van der Waals surface area (Å²) in [6.07, 6.45) is 0.686. The predicted octanol–water partition coefficient (Wildman–Crippen LogP) is 2.86. The standard InChI is InChI=1S/C19H21ClN2O3S/c20-13-3-1-12(2-4-13)15-5-6-21-19(24)18-16(15)9-17(26-18)22-7-8-25-14(10-22)11-23/h1-4,9,14-15,23H,5-8,10-11H2,(H,21,24). The number of anilines is 1. The Kier molecular flexibility index (Phi) is 5.18. The lowest BCUT2D eigenvalue weighted by atomic mass is 9.89. The van der Waals surface area contributed by atoms with Crippen LogP contribution >= 0.6 is 22.9 Å². The smallest absolute Gasteiger partial charge is 0.261 e. The Balaban J connectivity index is 1.69. The largest absolute Gasteiger partial charge is 0.394 e. The number of amides is 1. The zero-order chi connectivity index (χ0) is 18.1. The lowest BCUT2D eigenvalue weighted by Gasteiger charge is -2.32. The van der Waals surface area contributed by atoms with Crippen LogP contribution in [0.3, 0.4) is 0 Å². The molecule has 7 heteroatoms. The minimum absolute atomic E-state index is 0.000295. The van der Waals surface area contributed by atoms with E-state index in [0.717, 1.165) is 28.4 Å². The molecule has 4 rings (SSSR count). The molecule has 2 aliphatic rings. The molecule has 5 nitrogen and oxygen atoms in total. The summed E-state index contributed by atoms with van der Waals surface area (Å²) in [7, 11) is 0. The number of halogens is 1. The van der Waals surface area contributed by atoms with Crippen molar-refractivity contribution in [1.82, 2.24) is 5.32 Å². The van der Waals surface area contributed by atoms with Crippen molar-refractivity contribution in [3.8, 4) is 0 Å². The van der Waals surface area contributed by atoms with E-state index in [1.165, 1.54) is 16.9 Å². The van der Waals surface area contributed by atoms with E-state index in [1.54, 1.807) is 0 Å². The van der Waals surface area contributed by atoms with Crippen LogP contribution in [0.25, 0.3) is 0 Å². The van der Waals surface area contributed by atoms with E-state index < -0.39 is 0 Å². The Labute approximate surface area is 161 Å². The van der Waals surface area contributed by atoms with E-state index in [0.29, 0.717) is 24.7 Å². The molecule has 3 heterocycles. The van der Waals surface area contributed by atoms with Crippen molar-refractivity contribution in [2.24, 2.45) is 0 Å². The lowest BCUT2D eigenvalue weighted by Crippen LogP contribution is -2.43. The first kappa shape index (κ1) is 17.8. The summed E-state index contributed by atoms with van der Waals surface area (Å²) in [6, 6.07) is 10.0. The van der Waals surface area contributed by atoms with Crippen LogP contribution in [0, 0.1) is 0 Å². The zero-order valence-electron chi connectivity index (χ0n) is 14.3. The molecule has 26 heavy (non-hydrogen) atoms. The van der Waals surface area contributed by atoms with E-state index in [-0.39, 0.29) is 24.5 Å². The molecule has 1 aromatic heterocycles. The Bertz CT molecular complexity index is 793. The quantitative estimate of drug-likeness (QED) is 0.843. The number of benzene rings is 1. The average molecular weight is 393 g/mol. The summed E-state index contributed by atoms with van der Waals surface area (Å²) in [4.78, 5) is 15.5. The molecule has 2 N–H and O–H groups in total. The number of nitrogens with zero attached hydrogens (tertiary/aromatic N) is 1. The molecule has 1 aromatic carbocycles. The van der Waals surface area contributed by atoms with E-state index >= 15 is 0 Å². The highest BCUT2D eigenvalue weighted by atomic mass is 35.5. The summed E-state index contributed by atoms with van der Waals surface area (Å²) in [5.74, 6) is 0.167. The first-order valence-corrected chi connectivity index (χ1v) is 10.00. The van der Waals surface area contributed by atoms with Crippen LogP contribution in [-0.2, 0) is 4.74 Å². The minimum atomic E-state index is -0.174. The van der Waals surface area contributed by atoms with Gasteiger partial charge in [-0.2, -0.15) is 0 Å². The number of rotatable bonds is 3. The third-order valence-electron chi connectivity index (χ3n) is 4.97. The van der Waals surface area contributed by atoms with Gasteiger partial charge in [-0.1, -0.05) is 23.7 Å². The fourth-order valence-corrected chi connectivity index (χ4v) is 4.92. The van der Waals surface area contributed by atoms with Crippen molar-refractivity contribution in [2.45, 2.75) is 18.4 Å². The van der Waals surface area contributed by atoms with E-state index in [9.17, 15) is 9.90 Å². The molecular weight excluding hydrogens is 372 g/mol. The van der Waals surface area contributed by atoms with Crippen LogP contribution in [-0.4, -0.2) is 50.0 Å². The number of hydrogen-bond acceptors (Lipinski definition) is 5. The molecule has 2 unspecified atom stereocenters. The molecule has 0 spiro atoms. The van der Waals surface area contributed by atoms with Gasteiger partial charge in [0.25, 0.3) is 5.91 Å². The highest BCUT2D eigenvalue weighted by Gasteiger charge is 2.30. The van der Waals surface area contributed by atoms with Gasteiger partial charge in [0, 0.05) is 30.6 Å². The molecule has 0 radical (unpaired) electrons. The number of carbonyl (C=O) groups excluding carboxylic acids is 1. The monoisotopic (exact) mass is 392 g/mol. The second-order valence-electron chi connectivity index (χ2n) is 6.64. The van der Waals surface area contributed by atoms with Crippen LogP contribution < -0.4 is 10.2 Å². The van der Waals surface area contributed by atoms with Crippen molar-refractivity contribution in [3.63, 3.8) is 0 Å². The van der Waals surface area contributed by atoms with Gasteiger partial charge in [0.05, 0.1) is 29.2 Å². The third-order valence-corrected chi connectivity index (χ3v) is 6.44. The highest BCUT2D eigenvalue weighted by molar-refractivity contribution is 7.18. The average Bonchev–Trinajstić information content (AvgIpc) is 3.05. The van der Waals surface area contributed by atoms with Crippen molar-refractivity contribution < 1.29 is 14.6 Å². The Morgan fingerprint density at radius 2 is 2.15 bits per heavy atom. The number of nitrogens with one attached hydrogen (secondary N) is 1. The van der Waals surface area contributed by atoms with Gasteiger partial charge >= 0.3 is 0 Å². The topological polar surface area (TPSA) is 61.8 Å². The summed E-state index contributed by atoms with van der Waals surface area (Å²) >= 11 is 7.56. The fourth-order valence-electron chi connectivity index (χ4n) is 3.62. The SMILES string of the molecule is O=C1NCCC(c2ccc(Cl)cc2)c2cc(N3CCOC(CO)C3)sc21. The first-order valence-electron chi connectivity index (χ1n) is 8.80. The maximum Gasteiger partial charge on any atom is 0.261 e. The fraction of sp³-hybridized carbons (Fsp3) is 0.421. The number of thiophene rings is 1. The number of aliphatic hydroxyl groups is 1. The van der Waals surface area contributed by atoms with Crippen LogP contribution in [0.15, 0.2) is 30.3 Å². The molecule has 2 aromatic rings. The van der Waals surface area contributed by atoms with Crippen LogP contribution in [0.2, 0.25) is 5.02 Å². The Morgan fingerprint density at radius 3 is 2.92 bits per heavy atom. The van der Waals surface area contributed by atoms with Crippen molar-refractivity contribution >= 4 is 33.8 Å². The second-order valence-corrected chi connectivity index (χ2v) is 8.11. The first-order chi connectivity index (χ1) is 12.7. The molecule has 1 amide bonds. The van der Waals surface area contributed by atoms with Gasteiger partial charge in [-0.25, -0.2) is 0 Å². The summed E-state index contributed by atoms with van der Waals surface area (Å²) < 4.78 is 5.54. The van der Waals surface area contributed by atoms with Crippen LogP contribution in [0.1, 0.15) is 33.1 Å². The number of ether oxygens (including phenoxy) is 1. The molecular formula is C19H21ClN2O3S. The molecule has 1 saturated heterocycles. The molecule has 0 aliphatic carbocycles. The molecule has 0 bridgehead atoms. The van der Waals surface area contributed by atoms with Crippen molar-refractivity contribution in [1.29, 1.82) is 0 Å². The Morgan fingerprint density at radius 1 is 1.35 bits per heavy atom. The van der Waals surface area contributed by atoms with Crippen LogP contribution in [0.4, 0.5) is 5.00 Å². The number of aliphatic hydroxyl groups excluding tert-OH is 1. The van der Waals surface area contributed by atoms with E-state index in [1.807, 2.05) is 24.3 Å². The highest BCUT2D eigenvalue weighted by Crippen LogP contribution is 2.40. The minimum Gasteiger partial charge on any atom is -0.394 e. The normalized spacial score (nSPS) is 23.3.